The Labute approximate surface area is 110 Å². The molecule has 3 atom stereocenters. The van der Waals surface area contributed by atoms with E-state index in [-0.39, 0.29) is 17.5 Å². The van der Waals surface area contributed by atoms with Gasteiger partial charge in [0.25, 0.3) is 0 Å². The maximum atomic E-state index is 12.0. The van der Waals surface area contributed by atoms with Crippen LogP contribution in [-0.4, -0.2) is 36.1 Å². The zero-order valence-electron chi connectivity index (χ0n) is 11.7. The normalized spacial score (nSPS) is 33.2. The molecule has 2 rings (SSSR count). The molecular weight excluding hydrogens is 226 g/mol. The van der Waals surface area contributed by atoms with Crippen molar-refractivity contribution in [1.29, 1.82) is 0 Å². The van der Waals surface area contributed by atoms with E-state index in [4.69, 9.17) is 0 Å². The van der Waals surface area contributed by atoms with Crippen molar-refractivity contribution in [2.24, 2.45) is 17.8 Å². The molecule has 102 valence electrons. The minimum absolute atomic E-state index is 0.158. The van der Waals surface area contributed by atoms with Gasteiger partial charge in [0.15, 0.2) is 0 Å². The molecule has 1 saturated carbocycles. The highest BCUT2D eigenvalue weighted by Crippen LogP contribution is 2.37. The summed E-state index contributed by atoms with van der Waals surface area (Å²) in [5.41, 5.74) is 0. The Bertz CT molecular complexity index is 326. The minimum atomic E-state index is -0.280. The standard InChI is InChI=1S/C15H25NO2/c1-3-6-16-7-5-11-9-15(18)13(14(17)4-2)8-12(11)10-16/h11-13H,3-10H2,1-2H3/t11-,12+,13?/m0/s1. The molecule has 18 heavy (non-hydrogen) atoms. The molecule has 3 heteroatoms. The lowest BCUT2D eigenvalue weighted by Crippen LogP contribution is -2.46. The SMILES string of the molecule is CCCN1CC[C@H]2CC(=O)C(C(=O)CC)C[C@@H]2C1. The molecule has 0 aromatic heterocycles. The van der Waals surface area contributed by atoms with Gasteiger partial charge in [0, 0.05) is 19.4 Å². The van der Waals surface area contributed by atoms with E-state index in [2.05, 4.69) is 11.8 Å². The molecule has 0 spiro atoms. The van der Waals surface area contributed by atoms with Crippen molar-refractivity contribution in [1.82, 2.24) is 4.90 Å². The average Bonchev–Trinajstić information content (AvgIpc) is 2.38. The van der Waals surface area contributed by atoms with Crippen LogP contribution >= 0.6 is 0 Å². The number of carbonyl (C=O) groups is 2. The lowest BCUT2D eigenvalue weighted by Gasteiger charge is -2.42. The predicted molar refractivity (Wildman–Crippen MR) is 71.4 cm³/mol. The molecule has 1 unspecified atom stereocenters. The smallest absolute Gasteiger partial charge is 0.143 e. The predicted octanol–water partition coefficient (Wildman–Crippen LogP) is 2.29. The molecular formula is C15H25NO2. The first kappa shape index (κ1) is 13.7. The fourth-order valence-corrected chi connectivity index (χ4v) is 3.60. The summed E-state index contributed by atoms with van der Waals surface area (Å²) in [6, 6.07) is 0. The van der Waals surface area contributed by atoms with Crippen LogP contribution in [0.1, 0.15) is 46.0 Å². The fraction of sp³-hybridized carbons (Fsp3) is 0.867. The van der Waals surface area contributed by atoms with Crippen molar-refractivity contribution in [3.8, 4) is 0 Å². The number of fused-ring (bicyclic) bond motifs is 1. The van der Waals surface area contributed by atoms with Crippen LogP contribution in [0.3, 0.4) is 0 Å². The Morgan fingerprint density at radius 3 is 2.78 bits per heavy atom. The number of carbonyl (C=O) groups excluding carboxylic acids is 2. The van der Waals surface area contributed by atoms with Crippen LogP contribution in [0.25, 0.3) is 0 Å². The summed E-state index contributed by atoms with van der Waals surface area (Å²) in [6.07, 6.45) is 4.31. The van der Waals surface area contributed by atoms with Gasteiger partial charge < -0.3 is 4.90 Å². The Morgan fingerprint density at radius 2 is 2.11 bits per heavy atom. The molecule has 0 bridgehead atoms. The van der Waals surface area contributed by atoms with Gasteiger partial charge >= 0.3 is 0 Å². The molecule has 1 aliphatic carbocycles. The zero-order chi connectivity index (χ0) is 13.1. The van der Waals surface area contributed by atoms with Gasteiger partial charge in [-0.15, -0.1) is 0 Å². The fourth-order valence-electron chi connectivity index (χ4n) is 3.60. The molecule has 0 amide bonds. The van der Waals surface area contributed by atoms with Gasteiger partial charge in [-0.2, -0.15) is 0 Å². The molecule has 0 aromatic rings. The number of likely N-dealkylation sites (tertiary alicyclic amines) is 1. The Kier molecular flexibility index (Phi) is 4.55. The van der Waals surface area contributed by atoms with Gasteiger partial charge in [0.05, 0.1) is 5.92 Å². The number of hydrogen-bond donors (Lipinski definition) is 0. The van der Waals surface area contributed by atoms with E-state index in [9.17, 15) is 9.59 Å². The van der Waals surface area contributed by atoms with E-state index in [1.54, 1.807) is 0 Å². The molecule has 3 nitrogen and oxygen atoms in total. The van der Waals surface area contributed by atoms with E-state index in [1.165, 1.54) is 6.42 Å². The quantitative estimate of drug-likeness (QED) is 0.719. The molecule has 1 heterocycles. The zero-order valence-corrected chi connectivity index (χ0v) is 11.7. The van der Waals surface area contributed by atoms with Crippen LogP contribution in [0.4, 0.5) is 0 Å². The number of ketones is 2. The molecule has 1 aliphatic heterocycles. The Balaban J connectivity index is 1.99. The monoisotopic (exact) mass is 251 g/mol. The first-order valence-electron chi connectivity index (χ1n) is 7.43. The largest absolute Gasteiger partial charge is 0.303 e. The topological polar surface area (TPSA) is 37.4 Å². The molecule has 0 aromatic carbocycles. The second kappa shape index (κ2) is 5.96. The van der Waals surface area contributed by atoms with Crippen molar-refractivity contribution in [2.75, 3.05) is 19.6 Å². The Hall–Kier alpha value is -0.700. The molecule has 2 fully saturated rings. The van der Waals surface area contributed by atoms with Crippen molar-refractivity contribution in [3.63, 3.8) is 0 Å². The van der Waals surface area contributed by atoms with Crippen LogP contribution in [0.2, 0.25) is 0 Å². The van der Waals surface area contributed by atoms with Crippen molar-refractivity contribution < 1.29 is 9.59 Å². The van der Waals surface area contributed by atoms with Crippen LogP contribution in [0.15, 0.2) is 0 Å². The van der Waals surface area contributed by atoms with Crippen molar-refractivity contribution in [2.45, 2.75) is 46.0 Å². The van der Waals surface area contributed by atoms with Gasteiger partial charge in [-0.05, 0) is 44.2 Å². The first-order valence-corrected chi connectivity index (χ1v) is 7.43. The van der Waals surface area contributed by atoms with Crippen molar-refractivity contribution in [3.05, 3.63) is 0 Å². The van der Waals surface area contributed by atoms with Gasteiger partial charge in [-0.3, -0.25) is 9.59 Å². The highest BCUT2D eigenvalue weighted by atomic mass is 16.1. The summed E-state index contributed by atoms with van der Waals surface area (Å²) >= 11 is 0. The summed E-state index contributed by atoms with van der Waals surface area (Å²) in [7, 11) is 0. The van der Waals surface area contributed by atoms with E-state index < -0.39 is 0 Å². The van der Waals surface area contributed by atoms with Gasteiger partial charge in [-0.1, -0.05) is 13.8 Å². The van der Waals surface area contributed by atoms with Gasteiger partial charge in [0.1, 0.15) is 11.6 Å². The van der Waals surface area contributed by atoms with Crippen LogP contribution in [0, 0.1) is 17.8 Å². The lowest BCUT2D eigenvalue weighted by molar-refractivity contribution is -0.138. The van der Waals surface area contributed by atoms with E-state index >= 15 is 0 Å². The molecule has 0 N–H and O–H groups in total. The molecule has 0 radical (unpaired) electrons. The summed E-state index contributed by atoms with van der Waals surface area (Å²) in [5.74, 6) is 1.21. The molecule has 1 saturated heterocycles. The highest BCUT2D eigenvalue weighted by Gasteiger charge is 2.40. The second-order valence-electron chi connectivity index (χ2n) is 5.89. The summed E-state index contributed by atoms with van der Waals surface area (Å²) in [4.78, 5) is 26.4. The number of piperidine rings is 1. The minimum Gasteiger partial charge on any atom is -0.303 e. The van der Waals surface area contributed by atoms with Crippen LogP contribution < -0.4 is 0 Å². The van der Waals surface area contributed by atoms with E-state index in [1.807, 2.05) is 6.92 Å². The number of hydrogen-bond acceptors (Lipinski definition) is 3. The van der Waals surface area contributed by atoms with E-state index in [0.29, 0.717) is 24.7 Å². The molecule has 2 aliphatic rings. The number of rotatable bonds is 4. The maximum Gasteiger partial charge on any atom is 0.143 e. The van der Waals surface area contributed by atoms with Gasteiger partial charge in [0.2, 0.25) is 0 Å². The maximum absolute atomic E-state index is 12.0. The third-order valence-electron chi connectivity index (χ3n) is 4.64. The number of Topliss-reactive ketones (excluding diaryl/α,β-unsaturated/α-hetero) is 2. The summed E-state index contributed by atoms with van der Waals surface area (Å²) in [5, 5.41) is 0. The third kappa shape index (κ3) is 2.82. The van der Waals surface area contributed by atoms with Crippen LogP contribution in [-0.2, 0) is 9.59 Å². The second-order valence-corrected chi connectivity index (χ2v) is 5.89. The first-order chi connectivity index (χ1) is 8.65. The highest BCUT2D eigenvalue weighted by molar-refractivity contribution is 6.02. The summed E-state index contributed by atoms with van der Waals surface area (Å²) < 4.78 is 0. The number of nitrogens with zero attached hydrogens (tertiary/aromatic N) is 1. The third-order valence-corrected chi connectivity index (χ3v) is 4.64. The Morgan fingerprint density at radius 1 is 1.33 bits per heavy atom. The van der Waals surface area contributed by atoms with Crippen molar-refractivity contribution >= 4 is 11.6 Å². The average molecular weight is 251 g/mol. The summed E-state index contributed by atoms with van der Waals surface area (Å²) in [6.45, 7) is 7.46. The van der Waals surface area contributed by atoms with Crippen LogP contribution in [0.5, 0.6) is 0 Å². The van der Waals surface area contributed by atoms with E-state index in [0.717, 1.165) is 32.5 Å². The van der Waals surface area contributed by atoms with Gasteiger partial charge in [-0.25, -0.2) is 0 Å². The lowest BCUT2D eigenvalue weighted by atomic mass is 9.69.